The van der Waals surface area contributed by atoms with Crippen molar-refractivity contribution < 1.29 is 24.2 Å². The number of carbonyl (C=O) groups is 1. The van der Waals surface area contributed by atoms with Crippen LogP contribution in [0.4, 0.5) is 5.69 Å². The molecule has 1 amide bonds. The average Bonchev–Trinajstić information content (AvgIpc) is 3.20. The molecule has 3 rings (SSSR count). The molecule has 5 atom stereocenters. The molecule has 1 aromatic rings. The summed E-state index contributed by atoms with van der Waals surface area (Å²) in [5, 5.41) is 15.7. The number of hydrogen-bond acceptors (Lipinski definition) is 6. The highest BCUT2D eigenvalue weighted by molar-refractivity contribution is 6.71. The Kier molecular flexibility index (Phi) is 7.01. The molecule has 2 aliphatic rings. The van der Waals surface area contributed by atoms with E-state index in [0.29, 0.717) is 12.2 Å². The lowest BCUT2D eigenvalue weighted by Crippen LogP contribution is -2.48. The first-order chi connectivity index (χ1) is 13.8. The molecule has 0 spiro atoms. The van der Waals surface area contributed by atoms with Gasteiger partial charge in [-0.25, -0.2) is 0 Å². The van der Waals surface area contributed by atoms with Gasteiger partial charge in [-0.15, -0.1) is 0 Å². The first-order valence-electron chi connectivity index (χ1n) is 10.5. The Bertz CT molecular complexity index is 718. The van der Waals surface area contributed by atoms with Gasteiger partial charge >= 0.3 is 0 Å². The van der Waals surface area contributed by atoms with E-state index < -0.39 is 8.32 Å². The van der Waals surface area contributed by atoms with E-state index in [1.54, 1.807) is 7.11 Å². The number of benzene rings is 1. The maximum atomic E-state index is 12.4. The molecule has 8 heteroatoms. The predicted octanol–water partition coefficient (Wildman–Crippen LogP) is 2.41. The van der Waals surface area contributed by atoms with Gasteiger partial charge in [0.05, 0.1) is 12.1 Å². The molecule has 0 aliphatic carbocycles. The van der Waals surface area contributed by atoms with Gasteiger partial charge in [-0.1, -0.05) is 6.92 Å². The largest absolute Gasteiger partial charge is 0.490 e. The number of carbonyl (C=O) groups excluding carboxylic acids is 1. The van der Waals surface area contributed by atoms with Crippen LogP contribution in [0.5, 0.6) is 5.75 Å². The molecule has 2 aliphatic heterocycles. The van der Waals surface area contributed by atoms with E-state index in [4.69, 9.17) is 9.47 Å². The number of ether oxygens (including phenoxy) is 2. The highest BCUT2D eigenvalue weighted by atomic mass is 28.4. The standard InChI is InChI=1S/C21H34N2O5Si/c1-13-19(27-2)15-12-14(23-21(25)16-6-5-10-22-16)7-8-17(15)28-20(13)18(9-11-24)29(3,4)26/h7-8,12-13,16,18-20,22,24,26H,5-6,9-11H2,1-4H3,(H,23,25)/t13-,16-,18?,19-,20-/m1/s1. The van der Waals surface area contributed by atoms with Crippen LogP contribution in [-0.2, 0) is 9.53 Å². The smallest absolute Gasteiger partial charge is 0.241 e. The minimum Gasteiger partial charge on any atom is -0.490 e. The van der Waals surface area contributed by atoms with Crippen molar-refractivity contribution in [1.82, 2.24) is 5.32 Å². The third kappa shape index (κ3) is 4.83. The van der Waals surface area contributed by atoms with Crippen LogP contribution in [0.3, 0.4) is 0 Å². The summed E-state index contributed by atoms with van der Waals surface area (Å²) in [5.74, 6) is 0.679. The minimum atomic E-state index is -2.55. The summed E-state index contributed by atoms with van der Waals surface area (Å²) in [6.45, 7) is 6.71. The molecular weight excluding hydrogens is 388 g/mol. The molecule has 0 saturated carbocycles. The van der Waals surface area contributed by atoms with Crippen LogP contribution >= 0.6 is 0 Å². The van der Waals surface area contributed by atoms with Crippen molar-refractivity contribution in [1.29, 1.82) is 0 Å². The lowest BCUT2D eigenvalue weighted by Gasteiger charge is -2.43. The molecule has 2 heterocycles. The molecule has 4 N–H and O–H groups in total. The van der Waals surface area contributed by atoms with Gasteiger partial charge < -0.3 is 30.0 Å². The number of hydrogen-bond donors (Lipinski definition) is 4. The van der Waals surface area contributed by atoms with Gasteiger partial charge in [0.25, 0.3) is 0 Å². The summed E-state index contributed by atoms with van der Waals surface area (Å²) >= 11 is 0. The van der Waals surface area contributed by atoms with E-state index >= 15 is 0 Å². The highest BCUT2D eigenvalue weighted by Gasteiger charge is 2.46. The molecule has 29 heavy (non-hydrogen) atoms. The lowest BCUT2D eigenvalue weighted by molar-refractivity contribution is -0.117. The topological polar surface area (TPSA) is 100 Å². The number of rotatable bonds is 7. The minimum absolute atomic E-state index is 0.00887. The van der Waals surface area contributed by atoms with Gasteiger partial charge in [0.15, 0.2) is 8.32 Å². The zero-order valence-corrected chi connectivity index (χ0v) is 18.8. The van der Waals surface area contributed by atoms with E-state index in [9.17, 15) is 14.7 Å². The van der Waals surface area contributed by atoms with E-state index in [1.165, 1.54) is 0 Å². The molecule has 162 valence electrons. The highest BCUT2D eigenvalue weighted by Crippen LogP contribution is 2.47. The number of nitrogens with one attached hydrogen (secondary N) is 2. The van der Waals surface area contributed by atoms with Gasteiger partial charge in [0.1, 0.15) is 11.9 Å². The van der Waals surface area contributed by atoms with Gasteiger partial charge in [-0.3, -0.25) is 4.79 Å². The first-order valence-corrected chi connectivity index (χ1v) is 13.5. The van der Waals surface area contributed by atoms with Gasteiger partial charge in [0, 0.05) is 36.4 Å². The Morgan fingerprint density at radius 2 is 2.21 bits per heavy atom. The fraction of sp³-hybridized carbons (Fsp3) is 0.667. The number of amides is 1. The second kappa shape index (κ2) is 9.14. The van der Waals surface area contributed by atoms with E-state index in [-0.39, 0.29) is 42.2 Å². The van der Waals surface area contributed by atoms with Crippen molar-refractivity contribution >= 4 is 19.9 Å². The van der Waals surface area contributed by atoms with Crippen LogP contribution in [0.15, 0.2) is 18.2 Å². The molecule has 1 aromatic carbocycles. The molecule has 0 aromatic heterocycles. The summed E-state index contributed by atoms with van der Waals surface area (Å²) in [5.41, 5.74) is 1.51. The van der Waals surface area contributed by atoms with Crippen LogP contribution < -0.4 is 15.4 Å². The van der Waals surface area contributed by atoms with E-state index in [2.05, 4.69) is 17.6 Å². The van der Waals surface area contributed by atoms with E-state index in [1.807, 2.05) is 31.3 Å². The number of aliphatic hydroxyl groups excluding tert-OH is 1. The molecule has 1 fully saturated rings. The summed E-state index contributed by atoms with van der Waals surface area (Å²) in [7, 11) is -0.883. The second-order valence-corrected chi connectivity index (χ2v) is 12.8. The van der Waals surface area contributed by atoms with Crippen LogP contribution in [0.1, 0.15) is 37.9 Å². The quantitative estimate of drug-likeness (QED) is 0.504. The van der Waals surface area contributed by atoms with E-state index in [0.717, 1.165) is 30.6 Å². The summed E-state index contributed by atoms with van der Waals surface area (Å²) < 4.78 is 12.2. The molecule has 7 nitrogen and oxygen atoms in total. The van der Waals surface area contributed by atoms with Crippen molar-refractivity contribution in [3.63, 3.8) is 0 Å². The first kappa shape index (κ1) is 22.2. The average molecular weight is 423 g/mol. The maximum absolute atomic E-state index is 12.4. The maximum Gasteiger partial charge on any atom is 0.241 e. The monoisotopic (exact) mass is 422 g/mol. The van der Waals surface area contributed by atoms with Crippen LogP contribution in [0.2, 0.25) is 18.6 Å². The summed E-state index contributed by atoms with van der Waals surface area (Å²) in [6.07, 6.45) is 1.91. The van der Waals surface area contributed by atoms with Crippen molar-refractivity contribution in [2.45, 2.75) is 63.1 Å². The molecular formula is C21H34N2O5Si. The Morgan fingerprint density at radius 1 is 1.45 bits per heavy atom. The Hall–Kier alpha value is -1.45. The SMILES string of the molecule is CO[C@H]1c2cc(NC(=O)[C@H]3CCCN3)ccc2O[C@@H](C(CCO)[Si](C)(C)O)[C@@H]1C. The van der Waals surface area contributed by atoms with Crippen LogP contribution in [0, 0.1) is 5.92 Å². The fourth-order valence-corrected chi connectivity index (χ4v) is 6.66. The van der Waals surface area contributed by atoms with Gasteiger partial charge in [-0.05, 0) is 57.1 Å². The zero-order chi connectivity index (χ0) is 21.2. The number of aliphatic hydroxyl groups is 1. The molecule has 1 saturated heterocycles. The predicted molar refractivity (Wildman–Crippen MR) is 115 cm³/mol. The number of anilines is 1. The summed E-state index contributed by atoms with van der Waals surface area (Å²) in [4.78, 5) is 23.2. The number of fused-ring (bicyclic) bond motifs is 1. The normalized spacial score (nSPS) is 27.8. The Balaban J connectivity index is 1.85. The van der Waals surface area contributed by atoms with Crippen molar-refractivity contribution in [3.8, 4) is 5.75 Å². The molecule has 0 bridgehead atoms. The fourth-order valence-electron chi connectivity index (χ4n) is 4.65. The Morgan fingerprint density at radius 3 is 2.79 bits per heavy atom. The van der Waals surface area contributed by atoms with Crippen molar-refractivity contribution in [3.05, 3.63) is 23.8 Å². The number of methoxy groups -OCH3 is 1. The summed E-state index contributed by atoms with van der Waals surface area (Å²) in [6, 6.07) is 5.49. The zero-order valence-electron chi connectivity index (χ0n) is 17.8. The Labute approximate surface area is 173 Å². The van der Waals surface area contributed by atoms with Crippen LogP contribution in [0.25, 0.3) is 0 Å². The van der Waals surface area contributed by atoms with Crippen LogP contribution in [-0.4, -0.2) is 56.5 Å². The molecule has 0 radical (unpaired) electrons. The third-order valence-corrected chi connectivity index (χ3v) is 8.65. The molecule has 1 unspecified atom stereocenters. The van der Waals surface area contributed by atoms with Crippen molar-refractivity contribution in [2.24, 2.45) is 5.92 Å². The van der Waals surface area contributed by atoms with Gasteiger partial charge in [-0.2, -0.15) is 0 Å². The lowest BCUT2D eigenvalue weighted by atomic mass is 9.86. The van der Waals surface area contributed by atoms with Crippen molar-refractivity contribution in [2.75, 3.05) is 25.6 Å². The third-order valence-electron chi connectivity index (χ3n) is 6.22. The second-order valence-electron chi connectivity index (χ2n) is 8.76. The van der Waals surface area contributed by atoms with Gasteiger partial charge in [0.2, 0.25) is 5.91 Å².